The van der Waals surface area contributed by atoms with Crippen molar-refractivity contribution in [2.75, 3.05) is 31.6 Å². The van der Waals surface area contributed by atoms with Gasteiger partial charge in [-0.15, -0.1) is 0 Å². The molecule has 0 bridgehead atoms. The van der Waals surface area contributed by atoms with Crippen LogP contribution in [0.2, 0.25) is 0 Å². The maximum Gasteiger partial charge on any atom is 0.230 e. The molecule has 0 radical (unpaired) electrons. The summed E-state index contributed by atoms with van der Waals surface area (Å²) in [4.78, 5) is 2.26. The quantitative estimate of drug-likeness (QED) is 0.828. The van der Waals surface area contributed by atoms with E-state index in [0.29, 0.717) is 0 Å². The molecule has 128 valence electrons. The molecule has 4 heteroatoms. The minimum atomic E-state index is -0.0271. The number of fused-ring (bicyclic) bond motifs is 1. The first-order chi connectivity index (χ1) is 10.8. The summed E-state index contributed by atoms with van der Waals surface area (Å²) in [6.07, 6.45) is -0.0271. The van der Waals surface area contributed by atoms with Crippen LogP contribution in [0.25, 0.3) is 0 Å². The van der Waals surface area contributed by atoms with Crippen molar-refractivity contribution in [1.29, 1.82) is 0 Å². The summed E-state index contributed by atoms with van der Waals surface area (Å²) >= 11 is 0. The smallest absolute Gasteiger partial charge is 0.230 e. The minimum absolute atomic E-state index is 0.0271. The third kappa shape index (κ3) is 5.85. The molecular formula is C18H34N2O2. The van der Waals surface area contributed by atoms with Gasteiger partial charge in [0.2, 0.25) is 6.35 Å². The Bertz CT molecular complexity index is 391. The molecule has 0 spiro atoms. The Morgan fingerprint density at radius 2 is 1.59 bits per heavy atom. The van der Waals surface area contributed by atoms with Crippen LogP contribution in [0.15, 0.2) is 18.2 Å². The number of benzene rings is 1. The monoisotopic (exact) mass is 310 g/mol. The highest BCUT2D eigenvalue weighted by molar-refractivity contribution is 5.60. The molecule has 1 fully saturated rings. The molecule has 1 aromatic rings. The van der Waals surface area contributed by atoms with E-state index in [1.54, 1.807) is 0 Å². The lowest BCUT2D eigenvalue weighted by molar-refractivity contribution is -0.0274. The number of nitrogens with one attached hydrogen (secondary N) is 1. The molecule has 0 amide bonds. The standard InChI is InChI=1S/C12H16N2O2.3C2H6/c1-9-2-3-10-11(8-9)16-12(13-10)14-4-6-15-7-5-14;3*1-2/h2-3,8,12-13H,4-7H2,1H3;3*1-2H3. The Hall–Kier alpha value is -1.26. The summed E-state index contributed by atoms with van der Waals surface area (Å²) < 4.78 is 11.2. The average molecular weight is 310 g/mol. The fraction of sp³-hybridized carbons (Fsp3) is 0.667. The zero-order valence-electron chi connectivity index (χ0n) is 15.4. The summed E-state index contributed by atoms with van der Waals surface area (Å²) in [6.45, 7) is 17.5. The molecule has 0 aromatic heterocycles. The van der Waals surface area contributed by atoms with E-state index >= 15 is 0 Å². The van der Waals surface area contributed by atoms with Gasteiger partial charge in [-0.3, -0.25) is 0 Å². The summed E-state index contributed by atoms with van der Waals surface area (Å²) in [6, 6.07) is 6.24. The van der Waals surface area contributed by atoms with Gasteiger partial charge in [0, 0.05) is 13.1 Å². The summed E-state index contributed by atoms with van der Waals surface area (Å²) in [7, 11) is 0. The van der Waals surface area contributed by atoms with Crippen LogP contribution >= 0.6 is 0 Å². The molecule has 1 atom stereocenters. The van der Waals surface area contributed by atoms with Crippen molar-refractivity contribution >= 4 is 5.69 Å². The third-order valence-electron chi connectivity index (χ3n) is 3.03. The fourth-order valence-corrected chi connectivity index (χ4v) is 2.11. The van der Waals surface area contributed by atoms with Gasteiger partial charge in [-0.05, 0) is 24.6 Å². The number of rotatable bonds is 1. The van der Waals surface area contributed by atoms with Crippen molar-refractivity contribution in [3.63, 3.8) is 0 Å². The maximum atomic E-state index is 5.89. The lowest BCUT2D eigenvalue weighted by Crippen LogP contribution is -2.48. The van der Waals surface area contributed by atoms with Crippen LogP contribution in [-0.2, 0) is 4.74 Å². The van der Waals surface area contributed by atoms with Gasteiger partial charge >= 0.3 is 0 Å². The van der Waals surface area contributed by atoms with E-state index in [2.05, 4.69) is 35.3 Å². The van der Waals surface area contributed by atoms with E-state index in [0.717, 1.165) is 37.7 Å². The Balaban J connectivity index is 0.000000661. The van der Waals surface area contributed by atoms with Crippen LogP contribution in [0.4, 0.5) is 5.69 Å². The van der Waals surface area contributed by atoms with Crippen LogP contribution in [0, 0.1) is 6.92 Å². The summed E-state index contributed by atoms with van der Waals surface area (Å²) in [5.41, 5.74) is 2.31. The number of hydrogen-bond acceptors (Lipinski definition) is 4. The second kappa shape index (κ2) is 12.3. The predicted octanol–water partition coefficient (Wildman–Crippen LogP) is 4.49. The third-order valence-corrected chi connectivity index (χ3v) is 3.03. The highest BCUT2D eigenvalue weighted by Gasteiger charge is 2.28. The van der Waals surface area contributed by atoms with Crippen LogP contribution < -0.4 is 10.1 Å². The van der Waals surface area contributed by atoms with Gasteiger partial charge < -0.3 is 14.8 Å². The van der Waals surface area contributed by atoms with Gasteiger partial charge in [-0.25, -0.2) is 4.90 Å². The first-order valence-electron chi connectivity index (χ1n) is 8.68. The van der Waals surface area contributed by atoms with Crippen molar-refractivity contribution < 1.29 is 9.47 Å². The number of nitrogens with zero attached hydrogens (tertiary/aromatic N) is 1. The van der Waals surface area contributed by atoms with Crippen molar-refractivity contribution in [3.05, 3.63) is 23.8 Å². The molecule has 2 aliphatic rings. The van der Waals surface area contributed by atoms with Crippen molar-refractivity contribution in [3.8, 4) is 5.75 Å². The van der Waals surface area contributed by atoms with Crippen molar-refractivity contribution in [2.24, 2.45) is 0 Å². The Labute approximate surface area is 136 Å². The van der Waals surface area contributed by atoms with E-state index in [1.807, 2.05) is 41.5 Å². The van der Waals surface area contributed by atoms with Crippen LogP contribution in [0.5, 0.6) is 5.75 Å². The first kappa shape index (κ1) is 20.7. The van der Waals surface area contributed by atoms with Crippen LogP contribution in [0.3, 0.4) is 0 Å². The molecule has 1 N–H and O–H groups in total. The van der Waals surface area contributed by atoms with Crippen LogP contribution in [-0.4, -0.2) is 37.6 Å². The van der Waals surface area contributed by atoms with E-state index in [-0.39, 0.29) is 6.35 Å². The Kier molecular flexibility index (Phi) is 11.6. The molecule has 0 saturated carbocycles. The number of ether oxygens (including phenoxy) is 2. The van der Waals surface area contributed by atoms with Gasteiger partial charge in [0.15, 0.2) is 0 Å². The molecular weight excluding hydrogens is 276 g/mol. The largest absolute Gasteiger partial charge is 0.455 e. The molecule has 1 aromatic carbocycles. The van der Waals surface area contributed by atoms with Gasteiger partial charge in [-0.1, -0.05) is 47.6 Å². The summed E-state index contributed by atoms with van der Waals surface area (Å²) in [5, 5.41) is 3.38. The van der Waals surface area contributed by atoms with Gasteiger partial charge in [0.1, 0.15) is 5.75 Å². The first-order valence-corrected chi connectivity index (χ1v) is 8.68. The fourth-order valence-electron chi connectivity index (χ4n) is 2.11. The zero-order chi connectivity index (χ0) is 17.0. The molecule has 2 aliphatic heterocycles. The number of morpholine rings is 1. The van der Waals surface area contributed by atoms with Gasteiger partial charge in [-0.2, -0.15) is 0 Å². The van der Waals surface area contributed by atoms with E-state index in [1.165, 1.54) is 5.56 Å². The normalized spacial score (nSPS) is 18.8. The van der Waals surface area contributed by atoms with E-state index < -0.39 is 0 Å². The molecule has 2 heterocycles. The lowest BCUT2D eigenvalue weighted by Gasteiger charge is -2.30. The molecule has 4 nitrogen and oxygen atoms in total. The molecule has 1 saturated heterocycles. The number of anilines is 1. The molecule has 1 unspecified atom stereocenters. The van der Waals surface area contributed by atoms with E-state index in [9.17, 15) is 0 Å². The highest BCUT2D eigenvalue weighted by Crippen LogP contribution is 2.33. The SMILES string of the molecule is CC.CC.CC.Cc1ccc2c(c1)OC(N1CCOCC1)N2. The van der Waals surface area contributed by atoms with Gasteiger partial charge in [0.25, 0.3) is 0 Å². The number of hydrogen-bond donors (Lipinski definition) is 1. The maximum absolute atomic E-state index is 5.89. The Morgan fingerprint density at radius 1 is 1.00 bits per heavy atom. The zero-order valence-corrected chi connectivity index (χ0v) is 15.4. The summed E-state index contributed by atoms with van der Waals surface area (Å²) in [5.74, 6) is 0.955. The number of aryl methyl sites for hydroxylation is 1. The van der Waals surface area contributed by atoms with Crippen molar-refractivity contribution in [1.82, 2.24) is 4.90 Å². The average Bonchev–Trinajstić information content (AvgIpc) is 3.04. The minimum Gasteiger partial charge on any atom is -0.455 e. The Morgan fingerprint density at radius 3 is 2.18 bits per heavy atom. The molecule has 0 aliphatic carbocycles. The van der Waals surface area contributed by atoms with Crippen LogP contribution in [0.1, 0.15) is 47.1 Å². The topological polar surface area (TPSA) is 33.7 Å². The van der Waals surface area contributed by atoms with Crippen molar-refractivity contribution in [2.45, 2.75) is 54.8 Å². The highest BCUT2D eigenvalue weighted by atomic mass is 16.5. The second-order valence-electron chi connectivity index (χ2n) is 4.26. The van der Waals surface area contributed by atoms with E-state index in [4.69, 9.17) is 9.47 Å². The lowest BCUT2D eigenvalue weighted by atomic mass is 10.2. The molecule has 3 rings (SSSR count). The van der Waals surface area contributed by atoms with Gasteiger partial charge in [0.05, 0.1) is 18.9 Å². The predicted molar refractivity (Wildman–Crippen MR) is 95.7 cm³/mol. The molecule has 22 heavy (non-hydrogen) atoms. The second-order valence-corrected chi connectivity index (χ2v) is 4.26.